The maximum absolute atomic E-state index is 12.6. The Hall–Kier alpha value is -2.03. The second kappa shape index (κ2) is 47.4. The fourth-order valence-corrected chi connectivity index (χ4v) is 7.70. The highest BCUT2D eigenvalue weighted by atomic mass is 31.2. The van der Waals surface area contributed by atoms with Crippen LogP contribution in [0.1, 0.15) is 232 Å². The van der Waals surface area contributed by atoms with E-state index in [0.29, 0.717) is 6.42 Å². The molecule has 0 saturated carbocycles. The highest BCUT2D eigenvalue weighted by Gasteiger charge is 2.26. The number of ether oxygens (including phenoxy) is 2. The summed E-state index contributed by atoms with van der Waals surface area (Å²) in [6.07, 6.45) is 55.7. The molecule has 0 heterocycles. The smallest absolute Gasteiger partial charge is 0.462 e. The molecule has 0 aromatic rings. The fourth-order valence-electron chi connectivity index (χ4n) is 6.93. The molecule has 0 spiro atoms. The van der Waals surface area contributed by atoms with Crippen molar-refractivity contribution in [3.63, 3.8) is 0 Å². The minimum Gasteiger partial charge on any atom is -0.462 e. The Morgan fingerprint density at radius 2 is 0.852 bits per heavy atom. The number of hydrogen-bond acceptors (Lipinski definition) is 8. The third kappa shape index (κ3) is 47.3. The molecular weight excluding hydrogens is 786 g/mol. The van der Waals surface area contributed by atoms with Crippen molar-refractivity contribution in [3.05, 3.63) is 48.6 Å². The van der Waals surface area contributed by atoms with Crippen molar-refractivity contribution < 1.29 is 37.6 Å². The van der Waals surface area contributed by atoms with Gasteiger partial charge in [-0.25, -0.2) is 4.57 Å². The van der Waals surface area contributed by atoms with E-state index in [1.54, 1.807) is 0 Å². The summed E-state index contributed by atoms with van der Waals surface area (Å²) in [5, 5.41) is 0. The summed E-state index contributed by atoms with van der Waals surface area (Å²) in [5.41, 5.74) is 5.36. The fraction of sp³-hybridized carbons (Fsp3) is 0.804. The van der Waals surface area contributed by atoms with Crippen molar-refractivity contribution in [1.82, 2.24) is 0 Å². The van der Waals surface area contributed by atoms with Gasteiger partial charge in [0, 0.05) is 19.4 Å². The zero-order valence-electron chi connectivity index (χ0n) is 39.4. The third-order valence-corrected chi connectivity index (χ3v) is 11.7. The van der Waals surface area contributed by atoms with E-state index < -0.39 is 26.5 Å². The first-order chi connectivity index (χ1) is 29.8. The van der Waals surface area contributed by atoms with Gasteiger partial charge in [-0.05, 0) is 77.0 Å². The lowest BCUT2D eigenvalue weighted by Crippen LogP contribution is -2.29. The SMILES string of the molecule is CCCCC/C=C\C/C=C\CCCCCCCCCC(=O)OCC(COP(=O)(O)OCCN)OC(=O)CCCCCCCCCCCCC/C=C\C/C=C\CCCCCCC. The van der Waals surface area contributed by atoms with Gasteiger partial charge in [0.25, 0.3) is 0 Å². The standard InChI is InChI=1S/C51H94NO8P/c1-3-5-7-9-11-13-15-17-19-21-22-23-24-25-26-28-30-32-34-36-38-40-42-44-51(54)60-49(48-59-61(55,56)58-46-45-52)47-57-50(53)43-41-39-37-35-33-31-29-27-20-18-16-14-12-10-8-6-4-2/h12,14-15,17-18,20-22,49H,3-11,13,16,19,23-48,52H2,1-2H3,(H,55,56)/b14-12-,17-15-,20-18-,22-21-. The number of carbonyl (C=O) groups is 2. The monoisotopic (exact) mass is 880 g/mol. The van der Waals surface area contributed by atoms with Crippen LogP contribution in [0.5, 0.6) is 0 Å². The molecule has 2 unspecified atom stereocenters. The second-order valence-electron chi connectivity index (χ2n) is 16.7. The first-order valence-electron chi connectivity index (χ1n) is 25.1. The van der Waals surface area contributed by atoms with Crippen LogP contribution in [0.3, 0.4) is 0 Å². The Bertz CT molecular complexity index is 1140. The number of allylic oxidation sites excluding steroid dienone is 8. The van der Waals surface area contributed by atoms with Gasteiger partial charge >= 0.3 is 19.8 Å². The van der Waals surface area contributed by atoms with E-state index in [-0.39, 0.29) is 38.6 Å². The number of unbranched alkanes of at least 4 members (excludes halogenated alkanes) is 26. The van der Waals surface area contributed by atoms with Crippen molar-refractivity contribution in [2.24, 2.45) is 5.73 Å². The van der Waals surface area contributed by atoms with E-state index in [0.717, 1.165) is 64.2 Å². The molecule has 0 radical (unpaired) electrons. The lowest BCUT2D eigenvalue weighted by atomic mass is 10.0. The maximum Gasteiger partial charge on any atom is 0.472 e. The average molecular weight is 880 g/mol. The van der Waals surface area contributed by atoms with Crippen LogP contribution in [0, 0.1) is 0 Å². The van der Waals surface area contributed by atoms with Gasteiger partial charge in [0.05, 0.1) is 13.2 Å². The summed E-state index contributed by atoms with van der Waals surface area (Å²) < 4.78 is 32.9. The number of phosphoric acid groups is 1. The summed E-state index contributed by atoms with van der Waals surface area (Å²) in [5.74, 6) is -0.835. The van der Waals surface area contributed by atoms with E-state index in [1.807, 2.05) is 0 Å². The van der Waals surface area contributed by atoms with E-state index >= 15 is 0 Å². The largest absolute Gasteiger partial charge is 0.472 e. The van der Waals surface area contributed by atoms with Crippen molar-refractivity contribution in [2.45, 2.75) is 238 Å². The maximum atomic E-state index is 12.6. The van der Waals surface area contributed by atoms with E-state index in [9.17, 15) is 19.0 Å². The van der Waals surface area contributed by atoms with Crippen LogP contribution in [0.25, 0.3) is 0 Å². The number of phosphoric ester groups is 1. The predicted molar refractivity (Wildman–Crippen MR) is 257 cm³/mol. The van der Waals surface area contributed by atoms with Gasteiger partial charge < -0.3 is 20.1 Å². The third-order valence-electron chi connectivity index (χ3n) is 10.7. The Balaban J connectivity index is 4.06. The zero-order chi connectivity index (χ0) is 44.6. The summed E-state index contributed by atoms with van der Waals surface area (Å²) >= 11 is 0. The van der Waals surface area contributed by atoms with Gasteiger partial charge in [0.2, 0.25) is 0 Å². The quantitative estimate of drug-likeness (QED) is 0.0265. The molecule has 0 aliphatic rings. The van der Waals surface area contributed by atoms with Crippen LogP contribution in [-0.2, 0) is 32.7 Å². The van der Waals surface area contributed by atoms with Gasteiger partial charge in [-0.2, -0.15) is 0 Å². The van der Waals surface area contributed by atoms with E-state index in [4.69, 9.17) is 24.3 Å². The van der Waals surface area contributed by atoms with Gasteiger partial charge in [0.15, 0.2) is 6.10 Å². The number of rotatable bonds is 47. The Morgan fingerprint density at radius 1 is 0.492 bits per heavy atom. The summed E-state index contributed by atoms with van der Waals surface area (Å²) in [7, 11) is -4.38. The Labute approximate surface area is 375 Å². The molecule has 2 atom stereocenters. The van der Waals surface area contributed by atoms with Crippen molar-refractivity contribution in [2.75, 3.05) is 26.4 Å². The number of carbonyl (C=O) groups excluding carboxylic acids is 2. The molecule has 0 aromatic carbocycles. The molecular formula is C51H94NO8P. The number of esters is 2. The molecule has 10 heteroatoms. The molecule has 0 bridgehead atoms. The minimum atomic E-state index is -4.38. The first-order valence-corrected chi connectivity index (χ1v) is 26.6. The highest BCUT2D eigenvalue weighted by Crippen LogP contribution is 2.43. The topological polar surface area (TPSA) is 134 Å². The molecule has 0 aromatic heterocycles. The molecule has 61 heavy (non-hydrogen) atoms. The summed E-state index contributed by atoms with van der Waals surface area (Å²) in [6, 6.07) is 0. The molecule has 0 aliphatic heterocycles. The van der Waals surface area contributed by atoms with Gasteiger partial charge in [-0.1, -0.05) is 191 Å². The molecule has 356 valence electrons. The van der Waals surface area contributed by atoms with Crippen molar-refractivity contribution in [3.8, 4) is 0 Å². The van der Waals surface area contributed by atoms with Crippen molar-refractivity contribution in [1.29, 1.82) is 0 Å². The van der Waals surface area contributed by atoms with Gasteiger partial charge in [-0.15, -0.1) is 0 Å². The molecule has 3 N–H and O–H groups in total. The number of hydrogen-bond donors (Lipinski definition) is 2. The Kier molecular flexibility index (Phi) is 45.9. The van der Waals surface area contributed by atoms with E-state index in [2.05, 4.69) is 62.5 Å². The predicted octanol–water partition coefficient (Wildman–Crippen LogP) is 15.1. The lowest BCUT2D eigenvalue weighted by Gasteiger charge is -2.19. The molecule has 0 saturated heterocycles. The van der Waals surface area contributed by atoms with Crippen LogP contribution in [0.4, 0.5) is 0 Å². The zero-order valence-corrected chi connectivity index (χ0v) is 40.3. The molecule has 0 fully saturated rings. The Morgan fingerprint density at radius 3 is 1.28 bits per heavy atom. The van der Waals surface area contributed by atoms with Crippen molar-refractivity contribution >= 4 is 19.8 Å². The highest BCUT2D eigenvalue weighted by molar-refractivity contribution is 7.47. The molecule has 0 rings (SSSR count). The molecule has 9 nitrogen and oxygen atoms in total. The summed E-state index contributed by atoms with van der Waals surface area (Å²) in [6.45, 7) is 3.71. The van der Waals surface area contributed by atoms with Gasteiger partial charge in [-0.3, -0.25) is 18.6 Å². The van der Waals surface area contributed by atoms with Crippen LogP contribution in [0.15, 0.2) is 48.6 Å². The van der Waals surface area contributed by atoms with Crippen LogP contribution in [-0.4, -0.2) is 49.3 Å². The van der Waals surface area contributed by atoms with Crippen LogP contribution in [0.2, 0.25) is 0 Å². The molecule has 0 amide bonds. The van der Waals surface area contributed by atoms with Gasteiger partial charge in [0.1, 0.15) is 6.61 Å². The average Bonchev–Trinajstić information content (AvgIpc) is 3.25. The normalized spacial score (nSPS) is 13.6. The van der Waals surface area contributed by atoms with Crippen LogP contribution < -0.4 is 5.73 Å². The molecule has 0 aliphatic carbocycles. The summed E-state index contributed by atoms with van der Waals surface area (Å²) in [4.78, 5) is 35.0. The number of nitrogens with two attached hydrogens (primary N) is 1. The van der Waals surface area contributed by atoms with Crippen LogP contribution >= 0.6 is 7.82 Å². The van der Waals surface area contributed by atoms with E-state index in [1.165, 1.54) is 135 Å². The first kappa shape index (κ1) is 59.0. The second-order valence-corrected chi connectivity index (χ2v) is 18.1. The minimum absolute atomic E-state index is 0.0510. The lowest BCUT2D eigenvalue weighted by molar-refractivity contribution is -0.161.